The van der Waals surface area contributed by atoms with Gasteiger partial charge in [0.1, 0.15) is 21.4 Å². The average molecular weight is 413 g/mol. The molecule has 146 valence electrons. The Labute approximate surface area is 163 Å². The van der Waals surface area contributed by atoms with Crippen LogP contribution in [0.15, 0.2) is 41.3 Å². The van der Waals surface area contributed by atoms with E-state index >= 15 is 0 Å². The maximum atomic E-state index is 12.3. The zero-order valence-corrected chi connectivity index (χ0v) is 16.8. The number of ether oxygens (including phenoxy) is 2. The highest BCUT2D eigenvalue weighted by atomic mass is 35.5. The predicted molar refractivity (Wildman–Crippen MR) is 106 cm³/mol. The Kier molecular flexibility index (Phi) is 6.92. The number of rotatable bonds is 8. The van der Waals surface area contributed by atoms with Crippen LogP contribution in [-0.4, -0.2) is 40.8 Å². The number of hydrogen-bond acceptors (Lipinski definition) is 6. The fourth-order valence-electron chi connectivity index (χ4n) is 2.42. The highest BCUT2D eigenvalue weighted by molar-refractivity contribution is 7.91. The Bertz CT molecular complexity index is 931. The van der Waals surface area contributed by atoms with Gasteiger partial charge in [0.15, 0.2) is 9.84 Å². The van der Waals surface area contributed by atoms with Crippen LogP contribution in [-0.2, 0) is 14.6 Å². The number of anilines is 2. The van der Waals surface area contributed by atoms with Crippen molar-refractivity contribution in [3.63, 3.8) is 0 Å². The average Bonchev–Trinajstić information content (AvgIpc) is 2.60. The van der Waals surface area contributed by atoms with Gasteiger partial charge in [-0.25, -0.2) is 8.42 Å². The Morgan fingerprint density at radius 1 is 1.11 bits per heavy atom. The minimum absolute atomic E-state index is 0.0351. The van der Waals surface area contributed by atoms with E-state index in [-0.39, 0.29) is 33.8 Å². The number of halogens is 1. The molecular weight excluding hydrogens is 392 g/mol. The fraction of sp³-hybridized carbons (Fsp3) is 0.278. The molecule has 0 spiro atoms. The van der Waals surface area contributed by atoms with Crippen molar-refractivity contribution in [3.8, 4) is 11.5 Å². The highest BCUT2D eigenvalue weighted by Crippen LogP contribution is 2.36. The minimum atomic E-state index is -3.64. The van der Waals surface area contributed by atoms with Crippen molar-refractivity contribution in [3.05, 3.63) is 41.4 Å². The third-order valence-electron chi connectivity index (χ3n) is 3.55. The topological polar surface area (TPSA) is 93.7 Å². The van der Waals surface area contributed by atoms with E-state index in [1.165, 1.54) is 19.2 Å². The molecule has 0 heterocycles. The number of para-hydroxylation sites is 2. The molecule has 0 aromatic heterocycles. The second-order valence-electron chi connectivity index (χ2n) is 5.56. The lowest BCUT2D eigenvalue weighted by atomic mass is 10.2. The van der Waals surface area contributed by atoms with Crippen molar-refractivity contribution in [2.24, 2.45) is 0 Å². The zero-order chi connectivity index (χ0) is 20.0. The van der Waals surface area contributed by atoms with E-state index < -0.39 is 9.84 Å². The molecule has 0 saturated heterocycles. The summed E-state index contributed by atoms with van der Waals surface area (Å²) in [5, 5.41) is 5.50. The summed E-state index contributed by atoms with van der Waals surface area (Å²) in [4.78, 5) is 12.2. The van der Waals surface area contributed by atoms with E-state index in [9.17, 15) is 13.2 Å². The van der Waals surface area contributed by atoms with E-state index in [1.54, 1.807) is 24.3 Å². The molecule has 27 heavy (non-hydrogen) atoms. The van der Waals surface area contributed by atoms with E-state index in [0.29, 0.717) is 18.0 Å². The molecule has 2 aromatic rings. The minimum Gasteiger partial charge on any atom is -0.495 e. The quantitative estimate of drug-likeness (QED) is 0.691. The van der Waals surface area contributed by atoms with Crippen molar-refractivity contribution < 1.29 is 22.7 Å². The molecule has 7 nitrogen and oxygen atoms in total. The Hall–Kier alpha value is -2.45. The van der Waals surface area contributed by atoms with Gasteiger partial charge in [0.25, 0.3) is 0 Å². The molecule has 2 rings (SSSR count). The molecule has 1 amide bonds. The zero-order valence-electron chi connectivity index (χ0n) is 15.2. The van der Waals surface area contributed by atoms with Gasteiger partial charge in [0, 0.05) is 6.26 Å². The normalized spacial score (nSPS) is 11.0. The van der Waals surface area contributed by atoms with Gasteiger partial charge in [-0.1, -0.05) is 23.7 Å². The Morgan fingerprint density at radius 3 is 2.44 bits per heavy atom. The van der Waals surface area contributed by atoms with Gasteiger partial charge in [0.05, 0.1) is 31.6 Å². The van der Waals surface area contributed by atoms with Crippen molar-refractivity contribution in [2.45, 2.75) is 11.8 Å². The van der Waals surface area contributed by atoms with Gasteiger partial charge < -0.3 is 20.1 Å². The van der Waals surface area contributed by atoms with Crippen LogP contribution in [0.4, 0.5) is 11.4 Å². The lowest BCUT2D eigenvalue weighted by Crippen LogP contribution is -2.23. The molecule has 2 aromatic carbocycles. The largest absolute Gasteiger partial charge is 0.495 e. The highest BCUT2D eigenvalue weighted by Gasteiger charge is 2.21. The van der Waals surface area contributed by atoms with Crippen molar-refractivity contribution in [2.75, 3.05) is 37.2 Å². The smallest absolute Gasteiger partial charge is 0.243 e. The van der Waals surface area contributed by atoms with E-state index in [1.807, 2.05) is 6.92 Å². The molecule has 0 unspecified atom stereocenters. The molecule has 0 saturated carbocycles. The van der Waals surface area contributed by atoms with Gasteiger partial charge in [-0.15, -0.1) is 0 Å². The van der Waals surface area contributed by atoms with Crippen LogP contribution < -0.4 is 20.1 Å². The maximum Gasteiger partial charge on any atom is 0.243 e. The fourth-order valence-corrected chi connectivity index (χ4v) is 4.05. The molecule has 9 heteroatoms. The number of methoxy groups -OCH3 is 1. The molecule has 0 aliphatic carbocycles. The number of benzene rings is 2. The summed E-state index contributed by atoms with van der Waals surface area (Å²) in [7, 11) is -2.25. The first-order valence-electron chi connectivity index (χ1n) is 8.10. The first-order chi connectivity index (χ1) is 12.8. The van der Waals surface area contributed by atoms with Crippen LogP contribution in [0, 0.1) is 0 Å². The van der Waals surface area contributed by atoms with Crippen LogP contribution in [0.1, 0.15) is 6.92 Å². The third kappa shape index (κ3) is 5.27. The van der Waals surface area contributed by atoms with Gasteiger partial charge in [-0.05, 0) is 31.2 Å². The Balaban J connectivity index is 2.17. The van der Waals surface area contributed by atoms with Gasteiger partial charge >= 0.3 is 0 Å². The van der Waals surface area contributed by atoms with Gasteiger partial charge in [0.2, 0.25) is 5.91 Å². The molecule has 0 radical (unpaired) electrons. The molecule has 0 aliphatic rings. The summed E-state index contributed by atoms with van der Waals surface area (Å²) >= 11 is 6.14. The van der Waals surface area contributed by atoms with Crippen LogP contribution in [0.25, 0.3) is 0 Å². The van der Waals surface area contributed by atoms with E-state index in [2.05, 4.69) is 10.6 Å². The SMILES string of the molecule is CCOc1ccccc1NC(=O)CNc1ccc(OC)c(Cl)c1S(C)(=O)=O. The van der Waals surface area contributed by atoms with Crippen LogP contribution >= 0.6 is 11.6 Å². The molecular formula is C18H21ClN2O5S. The monoisotopic (exact) mass is 412 g/mol. The third-order valence-corrected chi connectivity index (χ3v) is 5.21. The maximum absolute atomic E-state index is 12.3. The molecule has 0 aliphatic heterocycles. The number of hydrogen-bond donors (Lipinski definition) is 2. The number of nitrogens with one attached hydrogen (secondary N) is 2. The Morgan fingerprint density at radius 2 is 1.81 bits per heavy atom. The van der Waals surface area contributed by atoms with Crippen molar-refractivity contribution >= 4 is 38.7 Å². The lowest BCUT2D eigenvalue weighted by molar-refractivity contribution is -0.114. The van der Waals surface area contributed by atoms with Crippen LogP contribution in [0.3, 0.4) is 0 Å². The molecule has 2 N–H and O–H groups in total. The molecule has 0 bridgehead atoms. The summed E-state index contributed by atoms with van der Waals surface area (Å²) in [5.41, 5.74) is 0.749. The van der Waals surface area contributed by atoms with Gasteiger partial charge in [-0.2, -0.15) is 0 Å². The summed E-state index contributed by atoms with van der Waals surface area (Å²) in [6, 6.07) is 10.1. The summed E-state index contributed by atoms with van der Waals surface area (Å²) < 4.78 is 34.7. The molecule has 0 atom stereocenters. The van der Waals surface area contributed by atoms with Crippen molar-refractivity contribution in [1.82, 2.24) is 0 Å². The number of carbonyl (C=O) groups excluding carboxylic acids is 1. The summed E-state index contributed by atoms with van der Waals surface area (Å²) in [6.07, 6.45) is 1.04. The number of amides is 1. The van der Waals surface area contributed by atoms with E-state index in [0.717, 1.165) is 6.26 Å². The summed E-state index contributed by atoms with van der Waals surface area (Å²) in [6.45, 7) is 2.15. The number of carbonyl (C=O) groups is 1. The lowest BCUT2D eigenvalue weighted by Gasteiger charge is -2.15. The first-order valence-corrected chi connectivity index (χ1v) is 10.4. The molecule has 0 fully saturated rings. The number of sulfone groups is 1. The summed E-state index contributed by atoms with van der Waals surface area (Å²) in [5.74, 6) is 0.420. The first kappa shape index (κ1) is 20.9. The predicted octanol–water partition coefficient (Wildman–Crippen LogP) is 3.20. The van der Waals surface area contributed by atoms with Crippen LogP contribution in [0.2, 0.25) is 5.02 Å². The second-order valence-corrected chi connectivity index (χ2v) is 7.89. The standard InChI is InChI=1S/C18H21ClN2O5S/c1-4-26-14-8-6-5-7-12(14)21-16(22)11-20-13-9-10-15(25-2)17(19)18(13)27(3,23)24/h5-10,20H,4,11H2,1-3H3,(H,21,22). The second kappa shape index (κ2) is 8.96. The van der Waals surface area contributed by atoms with E-state index in [4.69, 9.17) is 21.1 Å². The van der Waals surface area contributed by atoms with Crippen LogP contribution in [0.5, 0.6) is 11.5 Å². The van der Waals surface area contributed by atoms with Crippen molar-refractivity contribution in [1.29, 1.82) is 0 Å². The van der Waals surface area contributed by atoms with Gasteiger partial charge in [-0.3, -0.25) is 4.79 Å².